The van der Waals surface area contributed by atoms with E-state index >= 15 is 0 Å². The van der Waals surface area contributed by atoms with Gasteiger partial charge in [0.15, 0.2) is 0 Å². The topological polar surface area (TPSA) is 127 Å². The fraction of sp³-hybridized carbons (Fsp3) is 0.417. The molecule has 1 saturated carbocycles. The van der Waals surface area contributed by atoms with Crippen molar-refractivity contribution in [2.24, 2.45) is 5.92 Å². The number of rotatable bonds is 9. The van der Waals surface area contributed by atoms with Crippen LogP contribution in [-0.4, -0.2) is 51.5 Å². The first kappa shape index (κ1) is 24.1. The van der Waals surface area contributed by atoms with Crippen molar-refractivity contribution in [3.8, 4) is 16.3 Å². The maximum Gasteiger partial charge on any atom is 0.306 e. The fourth-order valence-electron chi connectivity index (χ4n) is 4.02. The molecule has 1 fully saturated rings. The van der Waals surface area contributed by atoms with Gasteiger partial charge < -0.3 is 25.0 Å². The number of hydrogen-bond donors (Lipinski definition) is 3. The molecule has 0 amide bonds. The zero-order valence-electron chi connectivity index (χ0n) is 19.2. The smallest absolute Gasteiger partial charge is 0.306 e. The van der Waals surface area contributed by atoms with Gasteiger partial charge in [0, 0.05) is 31.3 Å². The Morgan fingerprint density at radius 3 is 2.76 bits per heavy atom. The highest BCUT2D eigenvalue weighted by molar-refractivity contribution is 7.15. The second kappa shape index (κ2) is 10.5. The van der Waals surface area contributed by atoms with Gasteiger partial charge in [-0.15, -0.1) is 11.3 Å². The van der Waals surface area contributed by atoms with E-state index in [4.69, 9.17) is 9.47 Å². The number of ether oxygens (including phenoxy) is 2. The third-order valence-electron chi connectivity index (χ3n) is 5.85. The molecule has 0 radical (unpaired) electrons. The lowest BCUT2D eigenvalue weighted by molar-refractivity contribution is -0.145. The molecule has 0 saturated heterocycles. The Hall–Kier alpha value is -3.08. The number of nitrogens with zero attached hydrogens (tertiary/aromatic N) is 3. The number of thiazole rings is 1. The van der Waals surface area contributed by atoms with Gasteiger partial charge in [-0.25, -0.2) is 9.97 Å². The molecule has 9 nitrogen and oxygen atoms in total. The number of carbonyl (C=O) groups is 1. The van der Waals surface area contributed by atoms with E-state index < -0.39 is 17.5 Å². The van der Waals surface area contributed by atoms with Crippen LogP contribution in [0.4, 0.5) is 11.6 Å². The number of hydrogen-bond acceptors (Lipinski definition) is 9. The van der Waals surface area contributed by atoms with E-state index in [2.05, 4.69) is 26.3 Å². The predicted molar refractivity (Wildman–Crippen MR) is 128 cm³/mol. The summed E-state index contributed by atoms with van der Waals surface area (Å²) in [5.41, 5.74) is 1.75. The van der Waals surface area contributed by atoms with Gasteiger partial charge in [-0.2, -0.15) is 4.98 Å². The van der Waals surface area contributed by atoms with E-state index in [1.54, 1.807) is 25.6 Å². The number of aromatic nitrogens is 3. The van der Waals surface area contributed by atoms with Crippen molar-refractivity contribution in [2.75, 3.05) is 25.6 Å². The van der Waals surface area contributed by atoms with Gasteiger partial charge in [-0.1, -0.05) is 6.07 Å². The van der Waals surface area contributed by atoms with Crippen LogP contribution < -0.4 is 10.1 Å². The Morgan fingerprint density at radius 1 is 1.24 bits per heavy atom. The second-order valence-electron chi connectivity index (χ2n) is 8.45. The van der Waals surface area contributed by atoms with Crippen molar-refractivity contribution in [2.45, 2.75) is 38.2 Å². The molecular weight excluding hydrogens is 456 g/mol. The van der Waals surface area contributed by atoms with Gasteiger partial charge in [0.2, 0.25) is 11.8 Å². The van der Waals surface area contributed by atoms with Crippen LogP contribution in [0.5, 0.6) is 5.88 Å². The number of aliphatic carboxylic acids is 1. The number of benzene rings is 1. The third-order valence-corrected chi connectivity index (χ3v) is 7.09. The number of carboxylic acids is 1. The molecule has 3 aromatic rings. The minimum absolute atomic E-state index is 0.392. The van der Waals surface area contributed by atoms with E-state index in [0.29, 0.717) is 55.7 Å². The summed E-state index contributed by atoms with van der Waals surface area (Å²) >= 11 is 1.44. The highest BCUT2D eigenvalue weighted by Crippen LogP contribution is 2.43. The van der Waals surface area contributed by atoms with Crippen LogP contribution in [0.2, 0.25) is 0 Å². The summed E-state index contributed by atoms with van der Waals surface area (Å²) in [6.07, 6.45) is 5.10. The van der Waals surface area contributed by atoms with Crippen LogP contribution in [-0.2, 0) is 15.1 Å². The van der Waals surface area contributed by atoms with Crippen LogP contribution in [0.3, 0.4) is 0 Å². The number of nitrogens with one attached hydrogen (secondary N) is 1. The first-order chi connectivity index (χ1) is 16.4. The monoisotopic (exact) mass is 484 g/mol. The molecule has 2 heterocycles. The Kier molecular flexibility index (Phi) is 7.40. The number of aliphatic hydroxyl groups is 1. The molecule has 0 unspecified atom stereocenters. The predicted octanol–water partition coefficient (Wildman–Crippen LogP) is 4.14. The highest BCUT2D eigenvalue weighted by atomic mass is 32.1. The third kappa shape index (κ3) is 5.69. The maximum atomic E-state index is 11.2. The lowest BCUT2D eigenvalue weighted by atomic mass is 9.79. The minimum atomic E-state index is -1.07. The van der Waals surface area contributed by atoms with Crippen LogP contribution in [0.25, 0.3) is 10.4 Å². The molecule has 1 aliphatic carbocycles. The molecule has 10 heteroatoms. The SMILES string of the molecule is COCCOc1ccnc(Nc2cc(C)cc(-c3cnc(C4(O)CCC(C(=O)O)CC4)s3)c2)n1. The number of methoxy groups -OCH3 is 1. The fourth-order valence-corrected chi connectivity index (χ4v) is 5.07. The van der Waals surface area contributed by atoms with Crippen LogP contribution in [0, 0.1) is 12.8 Å². The first-order valence-electron chi connectivity index (χ1n) is 11.1. The molecule has 2 aromatic heterocycles. The largest absolute Gasteiger partial charge is 0.481 e. The average molecular weight is 485 g/mol. The molecule has 0 bridgehead atoms. The lowest BCUT2D eigenvalue weighted by Crippen LogP contribution is -2.33. The zero-order valence-corrected chi connectivity index (χ0v) is 20.0. The van der Waals surface area contributed by atoms with Gasteiger partial charge in [0.1, 0.15) is 17.2 Å². The van der Waals surface area contributed by atoms with E-state index in [1.807, 2.05) is 19.1 Å². The van der Waals surface area contributed by atoms with Gasteiger partial charge in [0.25, 0.3) is 0 Å². The Balaban J connectivity index is 1.50. The average Bonchev–Trinajstić information content (AvgIpc) is 3.31. The quantitative estimate of drug-likeness (QED) is 0.384. The van der Waals surface area contributed by atoms with Gasteiger partial charge in [0.05, 0.1) is 17.4 Å². The molecule has 1 aliphatic rings. The molecular formula is C24H28N4O5S. The number of carboxylic acid groups (broad SMARTS) is 1. The van der Waals surface area contributed by atoms with Gasteiger partial charge >= 0.3 is 5.97 Å². The summed E-state index contributed by atoms with van der Waals surface area (Å²) in [6, 6.07) is 7.72. The lowest BCUT2D eigenvalue weighted by Gasteiger charge is -2.32. The molecule has 34 heavy (non-hydrogen) atoms. The molecule has 0 atom stereocenters. The van der Waals surface area contributed by atoms with Crippen LogP contribution >= 0.6 is 11.3 Å². The van der Waals surface area contributed by atoms with Gasteiger partial charge in [-0.3, -0.25) is 4.79 Å². The molecule has 4 rings (SSSR count). The van der Waals surface area contributed by atoms with Crippen molar-refractivity contribution in [3.05, 3.63) is 47.2 Å². The van der Waals surface area contributed by atoms with Gasteiger partial charge in [-0.05, 0) is 55.9 Å². The second-order valence-corrected chi connectivity index (χ2v) is 9.48. The Morgan fingerprint density at radius 2 is 2.03 bits per heavy atom. The Labute approximate surface area is 201 Å². The first-order valence-corrected chi connectivity index (χ1v) is 11.9. The normalized spacial score (nSPS) is 20.1. The van der Waals surface area contributed by atoms with E-state index in [9.17, 15) is 15.0 Å². The number of aryl methyl sites for hydroxylation is 1. The summed E-state index contributed by atoms with van der Waals surface area (Å²) < 4.78 is 10.5. The van der Waals surface area contributed by atoms with E-state index in [1.165, 1.54) is 11.3 Å². The summed E-state index contributed by atoms with van der Waals surface area (Å²) in [4.78, 5) is 25.3. The summed E-state index contributed by atoms with van der Waals surface area (Å²) in [5.74, 6) is -0.310. The Bertz CT molecular complexity index is 1140. The van der Waals surface area contributed by atoms with Crippen molar-refractivity contribution in [3.63, 3.8) is 0 Å². The summed E-state index contributed by atoms with van der Waals surface area (Å²) in [5, 5.41) is 24.2. The van der Waals surface area contributed by atoms with E-state index in [-0.39, 0.29) is 0 Å². The van der Waals surface area contributed by atoms with Crippen LogP contribution in [0.15, 0.2) is 36.7 Å². The zero-order chi connectivity index (χ0) is 24.1. The van der Waals surface area contributed by atoms with Crippen LogP contribution in [0.1, 0.15) is 36.3 Å². The van der Waals surface area contributed by atoms with Crippen molar-refractivity contribution < 1.29 is 24.5 Å². The molecule has 1 aromatic carbocycles. The molecule has 0 spiro atoms. The molecule has 3 N–H and O–H groups in total. The molecule has 0 aliphatic heterocycles. The molecule has 180 valence electrons. The minimum Gasteiger partial charge on any atom is -0.481 e. The standard InChI is InChI=1S/C24H28N4O5S/c1-15-11-17(13-18(12-15)27-23-25-8-5-20(28-23)33-10-9-32-2)19-14-26-22(34-19)24(31)6-3-16(4-7-24)21(29)30/h5,8,11-14,16,31H,3-4,6-7,9-10H2,1-2H3,(H,29,30)(H,25,27,28). The highest BCUT2D eigenvalue weighted by Gasteiger charge is 2.39. The summed E-state index contributed by atoms with van der Waals surface area (Å²) in [7, 11) is 1.61. The maximum absolute atomic E-state index is 11.2. The van der Waals surface area contributed by atoms with E-state index in [0.717, 1.165) is 21.7 Å². The van der Waals surface area contributed by atoms with Crippen molar-refractivity contribution in [1.29, 1.82) is 0 Å². The number of anilines is 2. The summed E-state index contributed by atoms with van der Waals surface area (Å²) in [6.45, 7) is 2.88. The van der Waals surface area contributed by atoms with Crippen molar-refractivity contribution in [1.82, 2.24) is 15.0 Å². The van der Waals surface area contributed by atoms with Crippen molar-refractivity contribution >= 4 is 28.9 Å².